The van der Waals surface area contributed by atoms with E-state index in [1.54, 1.807) is 6.20 Å². The van der Waals surface area contributed by atoms with E-state index in [0.29, 0.717) is 18.8 Å². The van der Waals surface area contributed by atoms with E-state index in [-0.39, 0.29) is 11.8 Å². The third-order valence-electron chi connectivity index (χ3n) is 5.05. The predicted octanol–water partition coefficient (Wildman–Crippen LogP) is 2.92. The van der Waals surface area contributed by atoms with E-state index in [9.17, 15) is 9.90 Å². The number of imidazole rings is 1. The highest BCUT2D eigenvalue weighted by atomic mass is 16.3. The van der Waals surface area contributed by atoms with Gasteiger partial charge in [-0.1, -0.05) is 36.4 Å². The van der Waals surface area contributed by atoms with Crippen molar-refractivity contribution in [2.45, 2.75) is 18.9 Å². The quantitative estimate of drug-likeness (QED) is 0.801. The average molecular weight is 335 g/mol. The largest absolute Gasteiger partial charge is 0.388 e. The van der Waals surface area contributed by atoms with Gasteiger partial charge in [-0.25, -0.2) is 4.98 Å². The number of aliphatic hydroxyl groups is 1. The Morgan fingerprint density at radius 1 is 1.08 bits per heavy atom. The van der Waals surface area contributed by atoms with Crippen LogP contribution < -0.4 is 0 Å². The second kappa shape index (κ2) is 6.69. The number of aliphatic hydroxyl groups excluding tert-OH is 1. The van der Waals surface area contributed by atoms with Crippen molar-refractivity contribution in [1.82, 2.24) is 14.3 Å². The number of carbonyl (C=O) groups excluding carboxylic acids is 1. The number of pyridine rings is 1. The number of rotatable bonds is 3. The lowest BCUT2D eigenvalue weighted by Crippen LogP contribution is -2.40. The number of aromatic nitrogens is 2. The molecule has 0 radical (unpaired) electrons. The maximum atomic E-state index is 12.8. The van der Waals surface area contributed by atoms with Crippen LogP contribution in [0, 0.1) is 5.92 Å². The summed E-state index contributed by atoms with van der Waals surface area (Å²) in [5.74, 6) is 0.194. The molecule has 1 fully saturated rings. The van der Waals surface area contributed by atoms with Gasteiger partial charge < -0.3 is 10.0 Å². The summed E-state index contributed by atoms with van der Waals surface area (Å²) < 4.78 is 1.83. The van der Waals surface area contributed by atoms with Gasteiger partial charge in [0, 0.05) is 19.3 Å². The van der Waals surface area contributed by atoms with E-state index in [4.69, 9.17) is 0 Å². The summed E-state index contributed by atoms with van der Waals surface area (Å²) in [4.78, 5) is 19.0. The van der Waals surface area contributed by atoms with Crippen molar-refractivity contribution in [3.63, 3.8) is 0 Å². The van der Waals surface area contributed by atoms with Crippen LogP contribution in [0.3, 0.4) is 0 Å². The molecule has 25 heavy (non-hydrogen) atoms. The van der Waals surface area contributed by atoms with E-state index in [1.807, 2.05) is 64.0 Å². The standard InChI is InChI=1S/C20H21N3O2/c24-19(15-6-2-1-3-7-15)16-9-12-22(13-10-16)20(25)17-14-21-18-8-4-5-11-23(17)18/h1-8,11,14,16,19,24H,9-10,12-13H2. The van der Waals surface area contributed by atoms with Gasteiger partial charge in [-0.05, 0) is 36.5 Å². The molecule has 1 N–H and O–H groups in total. The second-order valence-electron chi connectivity index (χ2n) is 6.56. The number of hydrogen-bond donors (Lipinski definition) is 1. The highest BCUT2D eigenvalue weighted by molar-refractivity contribution is 5.93. The van der Waals surface area contributed by atoms with E-state index in [1.165, 1.54) is 0 Å². The summed E-state index contributed by atoms with van der Waals surface area (Å²) in [5, 5.41) is 10.6. The van der Waals surface area contributed by atoms with Crippen molar-refractivity contribution < 1.29 is 9.90 Å². The first kappa shape index (κ1) is 15.8. The number of hydrogen-bond acceptors (Lipinski definition) is 3. The summed E-state index contributed by atoms with van der Waals surface area (Å²) >= 11 is 0. The molecule has 2 aromatic heterocycles. The number of fused-ring (bicyclic) bond motifs is 1. The average Bonchev–Trinajstić information content (AvgIpc) is 3.12. The molecule has 128 valence electrons. The number of piperidine rings is 1. The molecular weight excluding hydrogens is 314 g/mol. The molecule has 1 saturated heterocycles. The van der Waals surface area contributed by atoms with Crippen LogP contribution in [0.25, 0.3) is 5.65 Å². The first-order chi connectivity index (χ1) is 12.2. The van der Waals surface area contributed by atoms with Crippen LogP contribution in [0.1, 0.15) is 35.0 Å². The summed E-state index contributed by atoms with van der Waals surface area (Å²) in [7, 11) is 0. The molecular formula is C20H21N3O2. The molecule has 3 aromatic rings. The van der Waals surface area contributed by atoms with E-state index < -0.39 is 6.10 Å². The van der Waals surface area contributed by atoms with Crippen LogP contribution in [0.5, 0.6) is 0 Å². The number of amides is 1. The molecule has 0 bridgehead atoms. The first-order valence-corrected chi connectivity index (χ1v) is 8.68. The molecule has 4 rings (SSSR count). The molecule has 1 aromatic carbocycles. The minimum atomic E-state index is -0.464. The van der Waals surface area contributed by atoms with Gasteiger partial charge >= 0.3 is 0 Å². The van der Waals surface area contributed by atoms with Crippen LogP contribution in [0.4, 0.5) is 0 Å². The molecule has 1 unspecified atom stereocenters. The predicted molar refractivity (Wildman–Crippen MR) is 95.2 cm³/mol. The summed E-state index contributed by atoms with van der Waals surface area (Å²) in [5.41, 5.74) is 2.33. The number of carbonyl (C=O) groups is 1. The Morgan fingerprint density at radius 3 is 2.56 bits per heavy atom. The van der Waals surface area contributed by atoms with Gasteiger partial charge in [0.1, 0.15) is 11.3 Å². The second-order valence-corrected chi connectivity index (χ2v) is 6.56. The number of benzene rings is 1. The van der Waals surface area contributed by atoms with Gasteiger partial charge in [0.05, 0.1) is 12.3 Å². The SMILES string of the molecule is O=C(c1cnc2ccccn12)N1CCC(C(O)c2ccccc2)CC1. The fourth-order valence-electron chi connectivity index (χ4n) is 3.59. The maximum Gasteiger partial charge on any atom is 0.272 e. The van der Waals surface area contributed by atoms with Crippen LogP contribution in [-0.4, -0.2) is 38.4 Å². The van der Waals surface area contributed by atoms with Crippen molar-refractivity contribution in [3.8, 4) is 0 Å². The Kier molecular flexibility index (Phi) is 4.24. The molecule has 5 heteroatoms. The van der Waals surface area contributed by atoms with Crippen LogP contribution in [0.2, 0.25) is 0 Å². The fourth-order valence-corrected chi connectivity index (χ4v) is 3.59. The zero-order valence-electron chi connectivity index (χ0n) is 14.0. The number of nitrogens with zero attached hydrogens (tertiary/aromatic N) is 3. The summed E-state index contributed by atoms with van der Waals surface area (Å²) in [6.07, 6.45) is 4.65. The minimum absolute atomic E-state index is 0.00588. The van der Waals surface area contributed by atoms with Crippen molar-refractivity contribution in [1.29, 1.82) is 0 Å². The highest BCUT2D eigenvalue weighted by Gasteiger charge is 2.29. The lowest BCUT2D eigenvalue weighted by Gasteiger charge is -2.34. The van der Waals surface area contributed by atoms with E-state index in [0.717, 1.165) is 24.1 Å². The maximum absolute atomic E-state index is 12.8. The Balaban J connectivity index is 1.44. The monoisotopic (exact) mass is 335 g/mol. The topological polar surface area (TPSA) is 57.8 Å². The van der Waals surface area contributed by atoms with Gasteiger partial charge in [0.25, 0.3) is 5.91 Å². The Hall–Kier alpha value is -2.66. The summed E-state index contributed by atoms with van der Waals surface area (Å²) in [6.45, 7) is 1.32. The molecule has 1 atom stereocenters. The summed E-state index contributed by atoms with van der Waals surface area (Å²) in [6, 6.07) is 15.5. The number of likely N-dealkylation sites (tertiary alicyclic amines) is 1. The molecule has 0 aliphatic carbocycles. The molecule has 1 amide bonds. The minimum Gasteiger partial charge on any atom is -0.388 e. The van der Waals surface area contributed by atoms with Gasteiger partial charge in [-0.3, -0.25) is 9.20 Å². The third kappa shape index (κ3) is 3.03. The van der Waals surface area contributed by atoms with Gasteiger partial charge in [0.2, 0.25) is 0 Å². The fraction of sp³-hybridized carbons (Fsp3) is 0.300. The molecule has 1 aliphatic heterocycles. The van der Waals surface area contributed by atoms with E-state index in [2.05, 4.69) is 4.98 Å². The highest BCUT2D eigenvalue weighted by Crippen LogP contribution is 2.31. The lowest BCUT2D eigenvalue weighted by molar-refractivity contribution is 0.0458. The third-order valence-corrected chi connectivity index (χ3v) is 5.05. The van der Waals surface area contributed by atoms with Crippen LogP contribution in [-0.2, 0) is 0 Å². The van der Waals surface area contributed by atoms with Crippen molar-refractivity contribution in [2.24, 2.45) is 5.92 Å². The van der Waals surface area contributed by atoms with Crippen molar-refractivity contribution in [2.75, 3.05) is 13.1 Å². The molecule has 1 aliphatic rings. The molecule has 0 saturated carbocycles. The van der Waals surface area contributed by atoms with Gasteiger partial charge in [-0.2, -0.15) is 0 Å². The first-order valence-electron chi connectivity index (χ1n) is 8.68. The van der Waals surface area contributed by atoms with Crippen LogP contribution >= 0.6 is 0 Å². The Bertz CT molecular complexity index is 867. The molecule has 3 heterocycles. The van der Waals surface area contributed by atoms with E-state index >= 15 is 0 Å². The molecule has 0 spiro atoms. The molecule has 5 nitrogen and oxygen atoms in total. The smallest absolute Gasteiger partial charge is 0.272 e. The van der Waals surface area contributed by atoms with Gasteiger partial charge in [0.15, 0.2) is 0 Å². The Morgan fingerprint density at radius 2 is 1.80 bits per heavy atom. The zero-order chi connectivity index (χ0) is 17.2. The Labute approximate surface area is 146 Å². The van der Waals surface area contributed by atoms with Crippen LogP contribution in [0.15, 0.2) is 60.9 Å². The normalized spacial score (nSPS) is 16.9. The van der Waals surface area contributed by atoms with Gasteiger partial charge in [-0.15, -0.1) is 0 Å². The lowest BCUT2D eigenvalue weighted by atomic mass is 9.87. The zero-order valence-corrected chi connectivity index (χ0v) is 14.0. The van der Waals surface area contributed by atoms with Crippen molar-refractivity contribution >= 4 is 11.6 Å². The van der Waals surface area contributed by atoms with Crippen molar-refractivity contribution in [3.05, 3.63) is 72.2 Å².